The minimum Gasteiger partial charge on any atom is -0.506 e. The molecule has 0 aliphatic carbocycles. The molecule has 0 unspecified atom stereocenters. The van der Waals surface area contributed by atoms with Gasteiger partial charge in [-0.2, -0.15) is 0 Å². The van der Waals surface area contributed by atoms with Crippen molar-refractivity contribution in [1.82, 2.24) is 15.2 Å². The highest BCUT2D eigenvalue weighted by atomic mass is 16.5. The van der Waals surface area contributed by atoms with Gasteiger partial charge in [-0.1, -0.05) is 30.0 Å². The van der Waals surface area contributed by atoms with Crippen LogP contribution in [0.1, 0.15) is 40.7 Å². The minimum atomic E-state index is -1.39. The number of anilines is 1. The molecule has 3 aliphatic rings. The molecule has 2 fully saturated rings. The van der Waals surface area contributed by atoms with E-state index in [2.05, 4.69) is 22.1 Å². The number of methoxy groups -OCH3 is 1. The van der Waals surface area contributed by atoms with Crippen LogP contribution in [0.15, 0.2) is 54.6 Å². The summed E-state index contributed by atoms with van der Waals surface area (Å²) in [7, 11) is 1.53. The smallest absolute Gasteiger partial charge is 0.254 e. The van der Waals surface area contributed by atoms with E-state index in [-0.39, 0.29) is 30.4 Å². The number of nitrogens with one attached hydrogen (secondary N) is 1. The minimum absolute atomic E-state index is 0.0275. The number of aromatic nitrogens is 1. The Morgan fingerprint density at radius 3 is 2.48 bits per heavy atom. The van der Waals surface area contributed by atoms with Crippen molar-refractivity contribution in [3.8, 4) is 34.6 Å². The maximum Gasteiger partial charge on any atom is 0.254 e. The van der Waals surface area contributed by atoms with E-state index in [4.69, 9.17) is 4.74 Å². The summed E-state index contributed by atoms with van der Waals surface area (Å²) in [6.07, 6.45) is 0.807. The van der Waals surface area contributed by atoms with E-state index < -0.39 is 17.2 Å². The van der Waals surface area contributed by atoms with Crippen LogP contribution < -0.4 is 15.0 Å². The van der Waals surface area contributed by atoms with E-state index in [9.17, 15) is 24.3 Å². The number of carbonyl (C=O) groups is 4. The van der Waals surface area contributed by atoms with Crippen molar-refractivity contribution in [2.24, 2.45) is 5.41 Å². The first kappa shape index (κ1) is 27.0. The summed E-state index contributed by atoms with van der Waals surface area (Å²) in [6, 6.07) is 15.7. The van der Waals surface area contributed by atoms with E-state index in [1.807, 2.05) is 11.0 Å². The molecule has 2 N–H and O–H groups in total. The van der Waals surface area contributed by atoms with Crippen molar-refractivity contribution in [2.45, 2.75) is 25.8 Å². The summed E-state index contributed by atoms with van der Waals surface area (Å²) >= 11 is 0. The first-order valence-corrected chi connectivity index (χ1v) is 13.7. The molecule has 0 saturated carbocycles. The fourth-order valence-electron chi connectivity index (χ4n) is 5.55. The predicted molar refractivity (Wildman–Crippen MR) is 153 cm³/mol. The molecule has 1 atom stereocenters. The van der Waals surface area contributed by atoms with Gasteiger partial charge in [0.1, 0.15) is 34.2 Å². The number of pyridine rings is 1. The standard InChI is InChI=1S/C32H28N4O6/c1-42-24-7-6-22-18-36(30(40)25(22)16-24)19-32(17-28(39)34-31(32)41)13-10-20-2-4-21(5-3-20)29-26(38)8-9-27(33-29)35-14-11-23(37)12-15-35/h2-9,16,38H,11-12,14-15,17-19H2,1H3,(H,34,39,41)/t32-/m1/s1. The molecule has 10 heteroatoms. The van der Waals surface area contributed by atoms with Crippen LogP contribution in [-0.4, -0.2) is 65.2 Å². The molecule has 1 aromatic heterocycles. The summed E-state index contributed by atoms with van der Waals surface area (Å²) in [5.74, 6) is 6.35. The van der Waals surface area contributed by atoms with Crippen LogP contribution in [0.4, 0.5) is 5.82 Å². The lowest BCUT2D eigenvalue weighted by Gasteiger charge is -2.27. The number of carbonyl (C=O) groups excluding carboxylic acids is 4. The van der Waals surface area contributed by atoms with Crippen molar-refractivity contribution < 1.29 is 29.0 Å². The molecule has 2 aromatic carbocycles. The van der Waals surface area contributed by atoms with Gasteiger partial charge >= 0.3 is 0 Å². The molecule has 0 radical (unpaired) electrons. The van der Waals surface area contributed by atoms with E-state index >= 15 is 0 Å². The maximum absolute atomic E-state index is 13.2. The van der Waals surface area contributed by atoms with Crippen LogP contribution in [0.25, 0.3) is 11.3 Å². The lowest BCUT2D eigenvalue weighted by Crippen LogP contribution is -2.42. The zero-order valence-electron chi connectivity index (χ0n) is 23.0. The highest BCUT2D eigenvalue weighted by Crippen LogP contribution is 2.34. The Morgan fingerprint density at radius 2 is 1.79 bits per heavy atom. The lowest BCUT2D eigenvalue weighted by atomic mass is 9.85. The number of aromatic hydroxyl groups is 1. The predicted octanol–water partition coefficient (Wildman–Crippen LogP) is 2.67. The highest BCUT2D eigenvalue weighted by Gasteiger charge is 2.48. The number of hydrogen-bond donors (Lipinski definition) is 2. The quantitative estimate of drug-likeness (QED) is 0.358. The Kier molecular flexibility index (Phi) is 6.86. The first-order valence-electron chi connectivity index (χ1n) is 13.7. The number of benzene rings is 2. The highest BCUT2D eigenvalue weighted by molar-refractivity contribution is 6.08. The molecule has 3 aliphatic heterocycles. The van der Waals surface area contributed by atoms with Crippen LogP contribution in [-0.2, 0) is 20.9 Å². The van der Waals surface area contributed by atoms with Crippen molar-refractivity contribution >= 4 is 29.3 Å². The van der Waals surface area contributed by atoms with Crippen LogP contribution in [0.3, 0.4) is 0 Å². The van der Waals surface area contributed by atoms with Crippen molar-refractivity contribution in [3.05, 3.63) is 71.3 Å². The molecule has 6 rings (SSSR count). The molecule has 0 spiro atoms. The van der Waals surface area contributed by atoms with E-state index in [1.165, 1.54) is 7.11 Å². The number of ether oxygens (including phenoxy) is 1. The van der Waals surface area contributed by atoms with Gasteiger partial charge in [0.15, 0.2) is 0 Å². The Balaban J connectivity index is 1.23. The van der Waals surface area contributed by atoms with Gasteiger partial charge in [0, 0.05) is 55.7 Å². The molecule has 212 valence electrons. The first-order chi connectivity index (χ1) is 20.2. The molecule has 10 nitrogen and oxygen atoms in total. The molecule has 0 bridgehead atoms. The van der Waals surface area contributed by atoms with Gasteiger partial charge in [-0.05, 0) is 42.0 Å². The second kappa shape index (κ2) is 10.7. The largest absolute Gasteiger partial charge is 0.506 e. The number of rotatable bonds is 5. The van der Waals surface area contributed by atoms with Crippen molar-refractivity contribution in [2.75, 3.05) is 31.6 Å². The number of fused-ring (bicyclic) bond motifs is 1. The molecule has 42 heavy (non-hydrogen) atoms. The number of nitrogens with zero attached hydrogens (tertiary/aromatic N) is 3. The SMILES string of the molecule is COc1ccc2c(c1)C(=O)N(C[C@@]1(C#Cc3ccc(-c4nc(N5CCC(=O)CC5)ccc4O)cc3)CC(=O)NC1=O)C2. The Labute approximate surface area is 242 Å². The van der Waals surface area contributed by atoms with Gasteiger partial charge in [0.25, 0.3) is 5.91 Å². The van der Waals surface area contributed by atoms with Crippen LogP contribution in [0.5, 0.6) is 11.5 Å². The fourth-order valence-corrected chi connectivity index (χ4v) is 5.55. The fraction of sp³-hybridized carbons (Fsp3) is 0.281. The number of imide groups is 1. The number of piperidine rings is 1. The number of amides is 3. The topological polar surface area (TPSA) is 129 Å². The zero-order chi connectivity index (χ0) is 29.4. The summed E-state index contributed by atoms with van der Waals surface area (Å²) in [5, 5.41) is 12.9. The summed E-state index contributed by atoms with van der Waals surface area (Å²) < 4.78 is 5.24. The third kappa shape index (κ3) is 5.05. The van der Waals surface area contributed by atoms with Gasteiger partial charge in [-0.25, -0.2) is 4.98 Å². The van der Waals surface area contributed by atoms with Crippen LogP contribution in [0, 0.1) is 17.3 Å². The van der Waals surface area contributed by atoms with Crippen LogP contribution >= 0.6 is 0 Å². The van der Waals surface area contributed by atoms with Crippen LogP contribution in [0.2, 0.25) is 0 Å². The molecule has 3 aromatic rings. The second-order valence-corrected chi connectivity index (χ2v) is 10.7. The Bertz CT molecular complexity index is 1680. The van der Waals surface area contributed by atoms with E-state index in [0.29, 0.717) is 66.4 Å². The summed E-state index contributed by atoms with van der Waals surface area (Å²) in [4.78, 5) is 58.2. The monoisotopic (exact) mass is 564 g/mol. The average molecular weight is 565 g/mol. The van der Waals surface area contributed by atoms with Gasteiger partial charge in [-0.15, -0.1) is 0 Å². The zero-order valence-corrected chi connectivity index (χ0v) is 23.0. The molecule has 2 saturated heterocycles. The van der Waals surface area contributed by atoms with Gasteiger partial charge < -0.3 is 19.6 Å². The lowest BCUT2D eigenvalue weighted by molar-refractivity contribution is -0.127. The van der Waals surface area contributed by atoms with Gasteiger partial charge in [0.2, 0.25) is 11.8 Å². The third-order valence-corrected chi connectivity index (χ3v) is 7.92. The molecule has 4 heterocycles. The average Bonchev–Trinajstić information content (AvgIpc) is 3.46. The maximum atomic E-state index is 13.2. The molecule has 3 amide bonds. The Morgan fingerprint density at radius 1 is 1.02 bits per heavy atom. The third-order valence-electron chi connectivity index (χ3n) is 7.92. The normalized spacial score (nSPS) is 19.8. The van der Waals surface area contributed by atoms with E-state index in [0.717, 1.165) is 5.56 Å². The molecular weight excluding hydrogens is 536 g/mol. The number of hydrogen-bond acceptors (Lipinski definition) is 8. The Hall–Kier alpha value is -5.17. The van der Waals surface area contributed by atoms with Gasteiger partial charge in [-0.3, -0.25) is 24.5 Å². The van der Waals surface area contributed by atoms with Gasteiger partial charge in [0.05, 0.1) is 13.5 Å². The number of ketones is 1. The van der Waals surface area contributed by atoms with E-state index in [1.54, 1.807) is 53.4 Å². The molecular formula is C32H28N4O6. The summed E-state index contributed by atoms with van der Waals surface area (Å²) in [5.41, 5.74) is 1.61. The summed E-state index contributed by atoms with van der Waals surface area (Å²) in [6.45, 7) is 1.46. The van der Waals surface area contributed by atoms with Crippen molar-refractivity contribution in [1.29, 1.82) is 0 Å². The number of Topliss-reactive ketones (excluding diaryl/α,β-unsaturated/α-hetero) is 1. The van der Waals surface area contributed by atoms with Crippen molar-refractivity contribution in [3.63, 3.8) is 0 Å². The second-order valence-electron chi connectivity index (χ2n) is 10.7.